The van der Waals surface area contributed by atoms with Crippen LogP contribution in [0.4, 0.5) is 5.69 Å². The molecule has 2 N–H and O–H groups in total. The second kappa shape index (κ2) is 5.48. The first kappa shape index (κ1) is 14.1. The third-order valence-corrected chi connectivity index (χ3v) is 5.51. The van der Waals surface area contributed by atoms with Crippen LogP contribution in [-0.2, 0) is 22.7 Å². The van der Waals surface area contributed by atoms with Gasteiger partial charge in [-0.05, 0) is 24.5 Å². The lowest BCUT2D eigenvalue weighted by Crippen LogP contribution is -2.05. The maximum absolute atomic E-state index is 11.5. The molecule has 0 amide bonds. The van der Waals surface area contributed by atoms with Crippen molar-refractivity contribution in [2.24, 2.45) is 0 Å². The van der Waals surface area contributed by atoms with Gasteiger partial charge in [-0.2, -0.15) is 4.98 Å². The summed E-state index contributed by atoms with van der Waals surface area (Å²) in [4.78, 5) is 4.32. The van der Waals surface area contributed by atoms with Gasteiger partial charge in [-0.25, -0.2) is 8.42 Å². The van der Waals surface area contributed by atoms with Gasteiger partial charge in [-0.15, -0.1) is 0 Å². The fourth-order valence-corrected chi connectivity index (χ4v) is 4.28. The Kier molecular flexibility index (Phi) is 3.67. The van der Waals surface area contributed by atoms with Gasteiger partial charge < -0.3 is 10.3 Å². The fourth-order valence-electron chi connectivity index (χ4n) is 2.54. The second-order valence-electron chi connectivity index (χ2n) is 5.35. The third kappa shape index (κ3) is 3.24. The summed E-state index contributed by atoms with van der Waals surface area (Å²) in [7, 11) is -2.93. The molecule has 1 fully saturated rings. The zero-order chi connectivity index (χ0) is 14.9. The van der Waals surface area contributed by atoms with E-state index in [1.165, 1.54) is 0 Å². The number of anilines is 1. The third-order valence-electron chi connectivity index (χ3n) is 3.74. The molecule has 21 heavy (non-hydrogen) atoms. The molecular weight excluding hydrogens is 290 g/mol. The minimum Gasteiger partial charge on any atom is -0.399 e. The van der Waals surface area contributed by atoms with Gasteiger partial charge in [0.15, 0.2) is 15.7 Å². The van der Waals surface area contributed by atoms with Crippen LogP contribution in [0, 0.1) is 0 Å². The normalized spacial score (nSPS) is 20.7. The maximum atomic E-state index is 11.5. The molecule has 1 unspecified atom stereocenters. The van der Waals surface area contributed by atoms with Crippen molar-refractivity contribution < 1.29 is 12.9 Å². The van der Waals surface area contributed by atoms with Crippen molar-refractivity contribution in [3.63, 3.8) is 0 Å². The molecule has 0 spiro atoms. The van der Waals surface area contributed by atoms with Gasteiger partial charge in [-0.1, -0.05) is 23.4 Å². The molecule has 1 aliphatic rings. The lowest BCUT2D eigenvalue weighted by Gasteiger charge is -2.02. The van der Waals surface area contributed by atoms with E-state index in [0.29, 0.717) is 24.6 Å². The highest BCUT2D eigenvalue weighted by atomic mass is 32.2. The molecule has 0 aliphatic carbocycles. The molecule has 0 radical (unpaired) electrons. The average molecular weight is 307 g/mol. The van der Waals surface area contributed by atoms with Gasteiger partial charge in [-0.3, -0.25) is 0 Å². The minimum atomic E-state index is -2.93. The van der Waals surface area contributed by atoms with Crippen LogP contribution >= 0.6 is 0 Å². The highest BCUT2D eigenvalue weighted by Crippen LogP contribution is 2.26. The lowest BCUT2D eigenvalue weighted by molar-refractivity contribution is 0.370. The number of aryl methyl sites for hydroxylation is 2. The molecule has 1 atom stereocenters. The largest absolute Gasteiger partial charge is 0.399 e. The summed E-state index contributed by atoms with van der Waals surface area (Å²) in [6.45, 7) is 0. The van der Waals surface area contributed by atoms with Gasteiger partial charge in [0.1, 0.15) is 0 Å². The van der Waals surface area contributed by atoms with E-state index in [-0.39, 0.29) is 17.4 Å². The Morgan fingerprint density at radius 3 is 2.81 bits per heavy atom. The number of nitrogens with zero attached hydrogens (tertiary/aromatic N) is 2. The van der Waals surface area contributed by atoms with Crippen molar-refractivity contribution >= 4 is 15.5 Å². The Hall–Kier alpha value is -1.89. The van der Waals surface area contributed by atoms with E-state index in [1.54, 1.807) is 0 Å². The zero-order valence-corrected chi connectivity index (χ0v) is 12.3. The first-order valence-corrected chi connectivity index (χ1v) is 8.72. The van der Waals surface area contributed by atoms with Crippen molar-refractivity contribution in [1.82, 2.24) is 10.1 Å². The van der Waals surface area contributed by atoms with Gasteiger partial charge in [0.2, 0.25) is 5.89 Å². The molecule has 1 saturated heterocycles. The maximum Gasteiger partial charge on any atom is 0.226 e. The Labute approximate surface area is 123 Å². The topological polar surface area (TPSA) is 99.1 Å². The molecule has 2 aromatic rings. The van der Waals surface area contributed by atoms with E-state index in [4.69, 9.17) is 10.3 Å². The van der Waals surface area contributed by atoms with Crippen molar-refractivity contribution in [3.8, 4) is 0 Å². The van der Waals surface area contributed by atoms with Crippen LogP contribution < -0.4 is 5.73 Å². The Balaban J connectivity index is 1.65. The van der Waals surface area contributed by atoms with Crippen molar-refractivity contribution in [3.05, 3.63) is 41.5 Å². The molecule has 112 valence electrons. The summed E-state index contributed by atoms with van der Waals surface area (Å²) in [5, 5.41) is 3.92. The number of hydrogen-bond acceptors (Lipinski definition) is 6. The summed E-state index contributed by atoms with van der Waals surface area (Å²) < 4.78 is 28.1. The molecule has 6 nitrogen and oxygen atoms in total. The van der Waals surface area contributed by atoms with Gasteiger partial charge >= 0.3 is 0 Å². The molecule has 0 bridgehead atoms. The molecule has 1 aliphatic heterocycles. The summed E-state index contributed by atoms with van der Waals surface area (Å²) in [6, 6.07) is 7.66. The van der Waals surface area contributed by atoms with E-state index in [9.17, 15) is 8.42 Å². The number of para-hydroxylation sites is 1. The zero-order valence-electron chi connectivity index (χ0n) is 11.5. The number of aromatic nitrogens is 2. The number of nitrogen functional groups attached to an aromatic ring is 1. The van der Waals surface area contributed by atoms with Crippen LogP contribution in [0.2, 0.25) is 0 Å². The van der Waals surface area contributed by atoms with Crippen LogP contribution in [0.1, 0.15) is 29.6 Å². The van der Waals surface area contributed by atoms with Crippen molar-refractivity contribution in [1.29, 1.82) is 0 Å². The molecule has 3 rings (SSSR count). The van der Waals surface area contributed by atoms with E-state index in [2.05, 4.69) is 10.1 Å². The Morgan fingerprint density at radius 1 is 1.29 bits per heavy atom. The summed E-state index contributed by atoms with van der Waals surface area (Å²) in [5.41, 5.74) is 7.68. The van der Waals surface area contributed by atoms with Crippen LogP contribution in [-0.4, -0.2) is 30.1 Å². The first-order chi connectivity index (χ1) is 10.0. The molecule has 1 aromatic carbocycles. The summed E-state index contributed by atoms with van der Waals surface area (Å²) in [6.07, 6.45) is 1.89. The molecule has 1 aromatic heterocycles. The van der Waals surface area contributed by atoms with Crippen molar-refractivity contribution in [2.75, 3.05) is 17.2 Å². The number of rotatable bonds is 4. The molecular formula is C14H17N3O3S. The predicted molar refractivity (Wildman–Crippen MR) is 78.6 cm³/mol. The van der Waals surface area contributed by atoms with Gasteiger partial charge in [0.05, 0.1) is 11.5 Å². The Bertz CT molecular complexity index is 739. The number of benzene rings is 1. The Morgan fingerprint density at radius 2 is 2.10 bits per heavy atom. The number of nitrogens with two attached hydrogens (primary N) is 1. The van der Waals surface area contributed by atoms with E-state index >= 15 is 0 Å². The molecule has 7 heteroatoms. The van der Waals surface area contributed by atoms with Crippen LogP contribution in [0.5, 0.6) is 0 Å². The van der Waals surface area contributed by atoms with E-state index < -0.39 is 9.84 Å². The standard InChI is InChI=1S/C14H17N3O3S/c15-12-4-2-1-3-10(12)5-6-13-16-14(17-20-13)11-7-8-21(18,19)9-11/h1-4,11H,5-9,15H2. The van der Waals surface area contributed by atoms with Crippen molar-refractivity contribution in [2.45, 2.75) is 25.2 Å². The van der Waals surface area contributed by atoms with Crippen LogP contribution in [0.25, 0.3) is 0 Å². The second-order valence-corrected chi connectivity index (χ2v) is 7.57. The quantitative estimate of drug-likeness (QED) is 0.856. The van der Waals surface area contributed by atoms with E-state index in [0.717, 1.165) is 17.7 Å². The summed E-state index contributed by atoms with van der Waals surface area (Å²) >= 11 is 0. The first-order valence-electron chi connectivity index (χ1n) is 6.90. The predicted octanol–water partition coefficient (Wildman–Crippen LogP) is 1.34. The lowest BCUT2D eigenvalue weighted by atomic mass is 10.1. The molecule has 2 heterocycles. The number of sulfone groups is 1. The SMILES string of the molecule is Nc1ccccc1CCc1nc(C2CCS(=O)(=O)C2)no1. The number of hydrogen-bond donors (Lipinski definition) is 1. The van der Waals surface area contributed by atoms with Gasteiger partial charge in [0.25, 0.3) is 0 Å². The van der Waals surface area contributed by atoms with Crippen LogP contribution in [0.15, 0.2) is 28.8 Å². The van der Waals surface area contributed by atoms with Crippen LogP contribution in [0.3, 0.4) is 0 Å². The van der Waals surface area contributed by atoms with Gasteiger partial charge in [0, 0.05) is 18.0 Å². The smallest absolute Gasteiger partial charge is 0.226 e. The highest BCUT2D eigenvalue weighted by Gasteiger charge is 2.32. The molecule has 0 saturated carbocycles. The summed E-state index contributed by atoms with van der Waals surface area (Å²) in [5.74, 6) is 1.23. The monoisotopic (exact) mass is 307 g/mol. The van der Waals surface area contributed by atoms with E-state index in [1.807, 2.05) is 24.3 Å². The average Bonchev–Trinajstić information content (AvgIpc) is 3.04. The minimum absolute atomic E-state index is 0.123. The highest BCUT2D eigenvalue weighted by molar-refractivity contribution is 7.91. The fraction of sp³-hybridized carbons (Fsp3) is 0.429.